The van der Waals surface area contributed by atoms with Crippen LogP contribution < -0.4 is 11.1 Å². The second-order valence-electron chi connectivity index (χ2n) is 4.07. The largest absolute Gasteiger partial charge is 0.478 e. The minimum absolute atomic E-state index is 0.0617. The molecule has 98 valence electrons. The molecule has 0 aliphatic rings. The van der Waals surface area contributed by atoms with E-state index in [1.54, 1.807) is 21.0 Å². The topological polar surface area (TPSA) is 109 Å². The fourth-order valence-electron chi connectivity index (χ4n) is 1.41. The number of carboxylic acids is 1. The molecule has 7 heteroatoms. The number of anilines is 2. The maximum absolute atomic E-state index is 11.7. The number of nitrogens with zero attached hydrogens (tertiary/aromatic N) is 2. The van der Waals surface area contributed by atoms with E-state index in [2.05, 4.69) is 10.3 Å². The number of rotatable bonds is 4. The van der Waals surface area contributed by atoms with Gasteiger partial charge in [-0.25, -0.2) is 9.78 Å². The van der Waals surface area contributed by atoms with Gasteiger partial charge in [-0.2, -0.15) is 0 Å². The Morgan fingerprint density at radius 2 is 2.11 bits per heavy atom. The number of hydrogen-bond donors (Lipinski definition) is 3. The van der Waals surface area contributed by atoms with Gasteiger partial charge in [0.05, 0.1) is 11.9 Å². The van der Waals surface area contributed by atoms with Crippen molar-refractivity contribution in [3.8, 4) is 0 Å². The Morgan fingerprint density at radius 3 is 2.61 bits per heavy atom. The van der Waals surface area contributed by atoms with E-state index in [0.717, 1.165) is 0 Å². The summed E-state index contributed by atoms with van der Waals surface area (Å²) >= 11 is 0. The van der Waals surface area contributed by atoms with Gasteiger partial charge in [0.15, 0.2) is 0 Å². The first-order valence-corrected chi connectivity index (χ1v) is 5.29. The van der Waals surface area contributed by atoms with E-state index in [1.807, 2.05) is 0 Å². The fourth-order valence-corrected chi connectivity index (χ4v) is 1.41. The van der Waals surface area contributed by atoms with Crippen molar-refractivity contribution in [1.29, 1.82) is 0 Å². The van der Waals surface area contributed by atoms with Crippen LogP contribution in [0.4, 0.5) is 11.5 Å². The zero-order valence-electron chi connectivity index (χ0n) is 10.5. The molecule has 1 unspecified atom stereocenters. The number of aromatic carboxylic acids is 1. The normalized spacial score (nSPS) is 11.7. The fraction of sp³-hybridized carbons (Fsp3) is 0.364. The highest BCUT2D eigenvalue weighted by Gasteiger charge is 2.19. The van der Waals surface area contributed by atoms with Gasteiger partial charge in [0.1, 0.15) is 17.4 Å². The second-order valence-corrected chi connectivity index (χ2v) is 4.07. The van der Waals surface area contributed by atoms with Crippen LogP contribution in [0.15, 0.2) is 12.3 Å². The molecular weight excluding hydrogens is 236 g/mol. The number of pyridine rings is 1. The highest BCUT2D eigenvalue weighted by molar-refractivity contribution is 5.95. The predicted molar refractivity (Wildman–Crippen MR) is 67.4 cm³/mol. The molecule has 1 aromatic rings. The number of nitrogens with two attached hydrogens (primary N) is 1. The van der Waals surface area contributed by atoms with Gasteiger partial charge >= 0.3 is 5.97 Å². The summed E-state index contributed by atoms with van der Waals surface area (Å²) < 4.78 is 0. The molecule has 0 aliphatic heterocycles. The Hall–Kier alpha value is -2.31. The number of carboxylic acid groups (broad SMARTS) is 1. The first-order chi connectivity index (χ1) is 8.32. The molecule has 18 heavy (non-hydrogen) atoms. The quantitative estimate of drug-likeness (QED) is 0.708. The van der Waals surface area contributed by atoms with E-state index in [0.29, 0.717) is 0 Å². The molecule has 0 aromatic carbocycles. The lowest BCUT2D eigenvalue weighted by Gasteiger charge is -2.19. The lowest BCUT2D eigenvalue weighted by Crippen LogP contribution is -2.37. The lowest BCUT2D eigenvalue weighted by molar-refractivity contribution is -0.129. The standard InChI is InChI=1S/C11H16N4O3/c1-6(10(16)15(2)3)14-9-8(11(17)18)4-7(12)5-13-9/h4-6H,12H2,1-3H3,(H,13,14)(H,17,18). The highest BCUT2D eigenvalue weighted by Crippen LogP contribution is 2.16. The Kier molecular flexibility index (Phi) is 4.09. The molecule has 1 heterocycles. The number of likely N-dealkylation sites (N-methyl/N-ethyl adjacent to an activating group) is 1. The van der Waals surface area contributed by atoms with Crippen LogP contribution in [0.5, 0.6) is 0 Å². The molecule has 1 rings (SSSR count). The van der Waals surface area contributed by atoms with E-state index in [4.69, 9.17) is 10.8 Å². The molecule has 4 N–H and O–H groups in total. The summed E-state index contributed by atoms with van der Waals surface area (Å²) in [5.41, 5.74) is 5.67. The number of aromatic nitrogens is 1. The monoisotopic (exact) mass is 252 g/mol. The van der Waals surface area contributed by atoms with Crippen molar-refractivity contribution in [3.05, 3.63) is 17.8 Å². The van der Waals surface area contributed by atoms with Gasteiger partial charge in [0, 0.05) is 14.1 Å². The smallest absolute Gasteiger partial charge is 0.339 e. The number of carbonyl (C=O) groups is 2. The Balaban J connectivity index is 2.97. The molecule has 0 bridgehead atoms. The van der Waals surface area contributed by atoms with Crippen molar-refractivity contribution in [1.82, 2.24) is 9.88 Å². The summed E-state index contributed by atoms with van der Waals surface area (Å²) in [7, 11) is 3.24. The average Bonchev–Trinajstić information content (AvgIpc) is 2.29. The second kappa shape index (κ2) is 5.35. The van der Waals surface area contributed by atoms with Crippen LogP contribution in [0.2, 0.25) is 0 Å². The molecule has 0 saturated carbocycles. The van der Waals surface area contributed by atoms with Crippen LogP contribution in [0.25, 0.3) is 0 Å². The predicted octanol–water partition coefficient (Wildman–Crippen LogP) is 0.251. The van der Waals surface area contributed by atoms with Gasteiger partial charge in [-0.3, -0.25) is 4.79 Å². The third kappa shape index (κ3) is 3.09. The van der Waals surface area contributed by atoms with Crippen LogP contribution in [0, 0.1) is 0 Å². The summed E-state index contributed by atoms with van der Waals surface area (Å²) in [6, 6.07) is 0.721. The van der Waals surface area contributed by atoms with Crippen molar-refractivity contribution >= 4 is 23.4 Å². The van der Waals surface area contributed by atoms with Crippen LogP contribution in [-0.4, -0.2) is 47.0 Å². The number of nitrogens with one attached hydrogen (secondary N) is 1. The van der Waals surface area contributed by atoms with E-state index in [9.17, 15) is 9.59 Å². The highest BCUT2D eigenvalue weighted by atomic mass is 16.4. The van der Waals surface area contributed by atoms with Crippen molar-refractivity contribution < 1.29 is 14.7 Å². The number of nitrogen functional groups attached to an aromatic ring is 1. The molecular formula is C11H16N4O3. The molecule has 0 spiro atoms. The van der Waals surface area contributed by atoms with Crippen molar-refractivity contribution in [2.75, 3.05) is 25.1 Å². The summed E-state index contributed by atoms with van der Waals surface area (Å²) in [6.07, 6.45) is 1.33. The van der Waals surface area contributed by atoms with Crippen LogP contribution in [0.1, 0.15) is 17.3 Å². The third-order valence-corrected chi connectivity index (χ3v) is 2.30. The zero-order chi connectivity index (χ0) is 13.9. The molecule has 0 aliphatic carbocycles. The Labute approximate surface area is 105 Å². The minimum Gasteiger partial charge on any atom is -0.478 e. The minimum atomic E-state index is -1.15. The summed E-state index contributed by atoms with van der Waals surface area (Å²) in [5, 5.41) is 11.8. The molecule has 1 aromatic heterocycles. The summed E-state index contributed by atoms with van der Waals surface area (Å²) in [6.45, 7) is 1.63. The van der Waals surface area contributed by atoms with E-state index in [-0.39, 0.29) is 23.0 Å². The van der Waals surface area contributed by atoms with Crippen molar-refractivity contribution in [2.45, 2.75) is 13.0 Å². The lowest BCUT2D eigenvalue weighted by atomic mass is 10.2. The van der Waals surface area contributed by atoms with E-state index >= 15 is 0 Å². The number of hydrogen-bond acceptors (Lipinski definition) is 5. The molecule has 7 nitrogen and oxygen atoms in total. The van der Waals surface area contributed by atoms with Gasteiger partial charge in [-0.05, 0) is 13.0 Å². The number of amides is 1. The van der Waals surface area contributed by atoms with Gasteiger partial charge in [-0.1, -0.05) is 0 Å². The van der Waals surface area contributed by atoms with Gasteiger partial charge < -0.3 is 21.1 Å². The molecule has 1 atom stereocenters. The Bertz CT molecular complexity index is 473. The molecule has 1 amide bonds. The van der Waals surface area contributed by atoms with E-state index in [1.165, 1.54) is 17.2 Å². The van der Waals surface area contributed by atoms with Gasteiger partial charge in [0.25, 0.3) is 0 Å². The summed E-state index contributed by atoms with van der Waals surface area (Å²) in [4.78, 5) is 28.0. The zero-order valence-corrected chi connectivity index (χ0v) is 10.5. The number of carbonyl (C=O) groups excluding carboxylic acids is 1. The SMILES string of the molecule is CC(Nc1ncc(N)cc1C(=O)O)C(=O)N(C)C. The van der Waals surface area contributed by atoms with Crippen LogP contribution in [-0.2, 0) is 4.79 Å². The molecule has 0 radical (unpaired) electrons. The maximum atomic E-state index is 11.7. The van der Waals surface area contributed by atoms with Crippen LogP contribution in [0.3, 0.4) is 0 Å². The molecule has 0 saturated heterocycles. The third-order valence-electron chi connectivity index (χ3n) is 2.30. The average molecular weight is 252 g/mol. The first kappa shape index (κ1) is 13.8. The first-order valence-electron chi connectivity index (χ1n) is 5.29. The van der Waals surface area contributed by atoms with E-state index < -0.39 is 12.0 Å². The van der Waals surface area contributed by atoms with Crippen molar-refractivity contribution in [2.24, 2.45) is 0 Å². The van der Waals surface area contributed by atoms with Gasteiger partial charge in [0.2, 0.25) is 5.91 Å². The van der Waals surface area contributed by atoms with Gasteiger partial charge in [-0.15, -0.1) is 0 Å². The Morgan fingerprint density at radius 1 is 1.50 bits per heavy atom. The summed E-state index contributed by atoms with van der Waals surface area (Å²) in [5.74, 6) is -1.20. The van der Waals surface area contributed by atoms with Crippen LogP contribution >= 0.6 is 0 Å². The molecule has 0 fully saturated rings. The maximum Gasteiger partial charge on any atom is 0.339 e. The van der Waals surface area contributed by atoms with Crippen molar-refractivity contribution in [3.63, 3.8) is 0 Å².